The molecular formula is C26H26F2N2O2S. The summed E-state index contributed by atoms with van der Waals surface area (Å²) in [4.78, 5) is 31.9. The number of carbonyl (C=O) groups is 2. The smallest absolute Gasteiger partial charge is 0.257 e. The molecule has 2 amide bonds. The van der Waals surface area contributed by atoms with Crippen molar-refractivity contribution in [3.05, 3.63) is 93.2 Å². The molecule has 0 aliphatic heterocycles. The zero-order valence-electron chi connectivity index (χ0n) is 18.5. The fraction of sp³-hybridized carbons (Fsp3) is 0.308. The number of carbonyl (C=O) groups excluding carboxylic acids is 2. The Bertz CT molecular complexity index is 1130. The van der Waals surface area contributed by atoms with Crippen molar-refractivity contribution in [2.75, 3.05) is 13.1 Å². The highest BCUT2D eigenvalue weighted by atomic mass is 32.1. The van der Waals surface area contributed by atoms with E-state index >= 15 is 0 Å². The molecule has 7 heteroatoms. The van der Waals surface area contributed by atoms with Crippen LogP contribution in [-0.4, -0.2) is 34.7 Å². The molecule has 4 nitrogen and oxygen atoms in total. The van der Waals surface area contributed by atoms with E-state index in [0.29, 0.717) is 25.6 Å². The highest BCUT2D eigenvalue weighted by molar-refractivity contribution is 7.11. The summed E-state index contributed by atoms with van der Waals surface area (Å²) in [6, 6.07) is 15.9. The molecule has 1 aromatic heterocycles. The molecule has 3 aromatic rings. The van der Waals surface area contributed by atoms with Crippen molar-refractivity contribution >= 4 is 23.2 Å². The van der Waals surface area contributed by atoms with Gasteiger partial charge in [0.2, 0.25) is 5.91 Å². The molecule has 2 aromatic carbocycles. The van der Waals surface area contributed by atoms with Gasteiger partial charge in [0.1, 0.15) is 18.2 Å². The lowest BCUT2D eigenvalue weighted by molar-refractivity contribution is -0.133. The minimum Gasteiger partial charge on any atom is -0.332 e. The van der Waals surface area contributed by atoms with Crippen LogP contribution in [0.1, 0.15) is 38.5 Å². The van der Waals surface area contributed by atoms with Crippen LogP contribution >= 0.6 is 11.3 Å². The lowest BCUT2D eigenvalue weighted by Crippen LogP contribution is -2.43. The molecule has 0 unspecified atom stereocenters. The summed E-state index contributed by atoms with van der Waals surface area (Å²) in [5.74, 6) is -1.28. The van der Waals surface area contributed by atoms with E-state index in [1.807, 2.05) is 19.1 Å². The molecule has 0 N–H and O–H groups in total. The van der Waals surface area contributed by atoms with Gasteiger partial charge in [-0.3, -0.25) is 9.59 Å². The lowest BCUT2D eigenvalue weighted by atomic mass is 10.1. The molecule has 1 fully saturated rings. The first-order chi connectivity index (χ1) is 15.9. The van der Waals surface area contributed by atoms with Gasteiger partial charge in [-0.2, -0.15) is 0 Å². The number of aryl methyl sites for hydroxylation is 1. The van der Waals surface area contributed by atoms with Crippen LogP contribution in [0.4, 0.5) is 8.78 Å². The second-order valence-corrected chi connectivity index (χ2v) is 9.87. The molecule has 0 radical (unpaired) electrons. The van der Waals surface area contributed by atoms with E-state index in [1.54, 1.807) is 34.4 Å². The number of halogens is 2. The van der Waals surface area contributed by atoms with Gasteiger partial charge < -0.3 is 9.80 Å². The Balaban J connectivity index is 1.55. The zero-order chi connectivity index (χ0) is 23.4. The van der Waals surface area contributed by atoms with Crippen LogP contribution < -0.4 is 0 Å². The third kappa shape index (κ3) is 6.26. The first-order valence-corrected chi connectivity index (χ1v) is 11.8. The van der Waals surface area contributed by atoms with Crippen molar-refractivity contribution in [3.8, 4) is 0 Å². The van der Waals surface area contributed by atoms with Gasteiger partial charge >= 0.3 is 0 Å². The molecule has 33 heavy (non-hydrogen) atoms. The van der Waals surface area contributed by atoms with Gasteiger partial charge in [0, 0.05) is 22.8 Å². The minimum absolute atomic E-state index is 0.0232. The van der Waals surface area contributed by atoms with E-state index in [0.717, 1.165) is 28.2 Å². The van der Waals surface area contributed by atoms with Crippen LogP contribution in [0.5, 0.6) is 0 Å². The summed E-state index contributed by atoms with van der Waals surface area (Å²) in [5, 5.41) is 0. The van der Waals surface area contributed by atoms with Crippen molar-refractivity contribution < 1.29 is 18.4 Å². The molecule has 1 aliphatic carbocycles. The van der Waals surface area contributed by atoms with Crippen molar-refractivity contribution in [2.45, 2.75) is 32.9 Å². The van der Waals surface area contributed by atoms with Crippen molar-refractivity contribution in [1.82, 2.24) is 9.80 Å². The minimum atomic E-state index is -0.590. The van der Waals surface area contributed by atoms with Gasteiger partial charge in [-0.15, -0.1) is 11.3 Å². The van der Waals surface area contributed by atoms with Crippen molar-refractivity contribution in [2.24, 2.45) is 5.92 Å². The number of rotatable bonds is 9. The summed E-state index contributed by atoms with van der Waals surface area (Å²) >= 11 is 1.61. The Morgan fingerprint density at radius 2 is 1.67 bits per heavy atom. The standard InChI is InChI=1S/C26H26F2N2O2S/c1-18-6-13-22(33-18)16-29(14-20-9-11-21(27)12-10-20)25(31)17-30(15-19-7-8-19)26(32)23-4-2-3-5-24(23)28/h2-6,9-13,19H,7-8,14-17H2,1H3. The molecule has 0 atom stereocenters. The normalized spacial score (nSPS) is 13.1. The molecule has 0 spiro atoms. The van der Waals surface area contributed by atoms with Crippen LogP contribution in [-0.2, 0) is 17.9 Å². The molecule has 1 aliphatic rings. The van der Waals surface area contributed by atoms with Gasteiger partial charge in [0.25, 0.3) is 5.91 Å². The summed E-state index contributed by atoms with van der Waals surface area (Å²) in [5.41, 5.74) is 0.775. The fourth-order valence-electron chi connectivity index (χ4n) is 3.70. The number of nitrogens with zero attached hydrogens (tertiary/aromatic N) is 2. The van der Waals surface area contributed by atoms with Gasteiger partial charge in [-0.05, 0) is 67.6 Å². The molecule has 0 bridgehead atoms. The Kier molecular flexibility index (Phi) is 7.18. The molecule has 1 heterocycles. The highest BCUT2D eigenvalue weighted by Crippen LogP contribution is 2.30. The number of hydrogen-bond acceptors (Lipinski definition) is 3. The first-order valence-electron chi connectivity index (χ1n) is 11.0. The average Bonchev–Trinajstić information content (AvgIpc) is 3.53. The molecular weight excluding hydrogens is 442 g/mol. The summed E-state index contributed by atoms with van der Waals surface area (Å²) < 4.78 is 27.6. The molecule has 4 rings (SSSR count). The number of benzene rings is 2. The van der Waals surface area contributed by atoms with E-state index in [2.05, 4.69) is 0 Å². The number of amides is 2. The summed E-state index contributed by atoms with van der Waals surface area (Å²) in [7, 11) is 0. The quantitative estimate of drug-likeness (QED) is 0.421. The second-order valence-electron chi connectivity index (χ2n) is 8.50. The third-order valence-corrected chi connectivity index (χ3v) is 6.66. The first kappa shape index (κ1) is 23.1. The summed E-state index contributed by atoms with van der Waals surface area (Å²) in [6.45, 7) is 2.99. The monoisotopic (exact) mass is 468 g/mol. The van der Waals surface area contributed by atoms with Gasteiger partial charge in [0.15, 0.2) is 0 Å². The third-order valence-electron chi connectivity index (χ3n) is 5.68. The summed E-state index contributed by atoms with van der Waals surface area (Å²) in [6.07, 6.45) is 2.01. The predicted molar refractivity (Wildman–Crippen MR) is 125 cm³/mol. The SMILES string of the molecule is Cc1ccc(CN(Cc2ccc(F)cc2)C(=O)CN(CC2CC2)C(=O)c2ccccc2F)s1. The topological polar surface area (TPSA) is 40.6 Å². The Morgan fingerprint density at radius 1 is 0.939 bits per heavy atom. The van der Waals surface area contributed by atoms with Crippen LogP contribution in [0.15, 0.2) is 60.7 Å². The van der Waals surface area contributed by atoms with Crippen LogP contribution in [0.2, 0.25) is 0 Å². The molecule has 0 saturated heterocycles. The largest absolute Gasteiger partial charge is 0.332 e. The van der Waals surface area contributed by atoms with E-state index in [4.69, 9.17) is 0 Å². The van der Waals surface area contributed by atoms with E-state index < -0.39 is 11.7 Å². The molecule has 172 valence electrons. The van der Waals surface area contributed by atoms with Crippen LogP contribution in [0.25, 0.3) is 0 Å². The maximum absolute atomic E-state index is 14.3. The van der Waals surface area contributed by atoms with Crippen molar-refractivity contribution in [1.29, 1.82) is 0 Å². The van der Waals surface area contributed by atoms with Crippen LogP contribution in [0, 0.1) is 24.5 Å². The zero-order valence-corrected chi connectivity index (χ0v) is 19.3. The second kappa shape index (κ2) is 10.3. The van der Waals surface area contributed by atoms with Crippen molar-refractivity contribution in [3.63, 3.8) is 0 Å². The Hall–Kier alpha value is -3.06. The van der Waals surface area contributed by atoms with Crippen LogP contribution in [0.3, 0.4) is 0 Å². The number of hydrogen-bond donors (Lipinski definition) is 0. The van der Waals surface area contributed by atoms with E-state index in [9.17, 15) is 18.4 Å². The maximum Gasteiger partial charge on any atom is 0.257 e. The average molecular weight is 469 g/mol. The Morgan fingerprint density at radius 3 is 2.30 bits per heavy atom. The Labute approximate surface area is 196 Å². The number of thiophene rings is 1. The fourth-order valence-corrected chi connectivity index (χ4v) is 4.61. The van der Waals surface area contributed by atoms with Gasteiger partial charge in [0.05, 0.1) is 12.1 Å². The highest BCUT2D eigenvalue weighted by Gasteiger charge is 2.30. The van der Waals surface area contributed by atoms with Gasteiger partial charge in [-0.25, -0.2) is 8.78 Å². The van der Waals surface area contributed by atoms with E-state index in [1.165, 1.54) is 35.2 Å². The maximum atomic E-state index is 14.3. The lowest BCUT2D eigenvalue weighted by Gasteiger charge is -2.28. The van der Waals surface area contributed by atoms with E-state index in [-0.39, 0.29) is 23.8 Å². The molecule has 1 saturated carbocycles. The van der Waals surface area contributed by atoms with Gasteiger partial charge in [-0.1, -0.05) is 24.3 Å². The predicted octanol–water partition coefficient (Wildman–Crippen LogP) is 5.42.